The van der Waals surface area contributed by atoms with Gasteiger partial charge in [-0.1, -0.05) is 0 Å². The van der Waals surface area contributed by atoms with Crippen molar-refractivity contribution in [3.8, 4) is 5.75 Å². The van der Waals surface area contributed by atoms with Crippen LogP contribution in [0, 0.1) is 29.1 Å². The summed E-state index contributed by atoms with van der Waals surface area (Å²) in [5, 5.41) is 0. The number of ether oxygens (including phenoxy) is 1. The quantitative estimate of drug-likeness (QED) is 0.334. The van der Waals surface area contributed by atoms with Gasteiger partial charge in [0.1, 0.15) is 0 Å². The average Bonchev–Trinajstić information content (AvgIpc) is 2.22. The van der Waals surface area contributed by atoms with E-state index in [-0.39, 0.29) is 51.4 Å². The summed E-state index contributed by atoms with van der Waals surface area (Å²) in [6.45, 7) is -7.70. The third-order valence-corrected chi connectivity index (χ3v) is 1.59. The Morgan fingerprint density at radius 1 is 0.722 bits per heavy atom. The summed E-state index contributed by atoms with van der Waals surface area (Å²) in [4.78, 5) is 0. The van der Waals surface area contributed by atoms with Crippen LogP contribution in [0.25, 0.3) is 0 Å². The Morgan fingerprint density at radius 3 is 1.39 bits per heavy atom. The normalized spacial score (nSPS) is 11.1. The first-order valence-corrected chi connectivity index (χ1v) is 4.00. The molecule has 0 heterocycles. The minimum absolute atomic E-state index is 0. The van der Waals surface area contributed by atoms with E-state index in [2.05, 4.69) is 4.74 Å². The summed E-state index contributed by atoms with van der Waals surface area (Å²) in [5.41, 5.74) is 0. The SMILES string of the molecule is Fc1c(F)c(F)c(OC[B-](F)(F)F)c(F)c1F.[K+]. The fraction of sp³-hybridized carbons (Fsp3) is 0.143. The zero-order chi connectivity index (χ0) is 13.4. The van der Waals surface area contributed by atoms with Crippen LogP contribution in [-0.2, 0) is 0 Å². The molecule has 1 nitrogen and oxygen atoms in total. The van der Waals surface area contributed by atoms with Gasteiger partial charge in [0.2, 0.25) is 29.1 Å². The molecule has 0 bridgehead atoms. The Hall–Kier alpha value is 0.161. The maximum Gasteiger partial charge on any atom is 1.00 e. The van der Waals surface area contributed by atoms with E-state index < -0.39 is 48.3 Å². The van der Waals surface area contributed by atoms with Crippen molar-refractivity contribution in [1.29, 1.82) is 0 Å². The van der Waals surface area contributed by atoms with E-state index in [1.54, 1.807) is 0 Å². The molecule has 0 aliphatic rings. The van der Waals surface area contributed by atoms with Gasteiger partial charge >= 0.3 is 58.4 Å². The fourth-order valence-corrected chi connectivity index (χ4v) is 0.889. The van der Waals surface area contributed by atoms with Crippen molar-refractivity contribution in [1.82, 2.24) is 0 Å². The van der Waals surface area contributed by atoms with Crippen molar-refractivity contribution >= 4 is 6.98 Å². The third kappa shape index (κ3) is 4.08. The number of benzene rings is 1. The van der Waals surface area contributed by atoms with E-state index in [0.717, 1.165) is 0 Å². The van der Waals surface area contributed by atoms with Crippen LogP contribution in [0.15, 0.2) is 0 Å². The Balaban J connectivity index is 0.00000289. The van der Waals surface area contributed by atoms with Crippen molar-refractivity contribution in [2.45, 2.75) is 0 Å². The molecule has 18 heavy (non-hydrogen) atoms. The van der Waals surface area contributed by atoms with Gasteiger partial charge in [0.25, 0.3) is 0 Å². The Bertz CT molecular complexity index is 419. The zero-order valence-electron chi connectivity index (χ0n) is 8.72. The van der Waals surface area contributed by atoms with Crippen LogP contribution in [0.4, 0.5) is 34.9 Å². The molecule has 0 radical (unpaired) electrons. The summed E-state index contributed by atoms with van der Waals surface area (Å²) in [7, 11) is 0. The van der Waals surface area contributed by atoms with Crippen molar-refractivity contribution in [2.75, 3.05) is 6.51 Å². The molecule has 96 valence electrons. The van der Waals surface area contributed by atoms with Gasteiger partial charge < -0.3 is 17.7 Å². The van der Waals surface area contributed by atoms with Gasteiger partial charge in [-0.05, 0) is 0 Å². The van der Waals surface area contributed by atoms with Crippen LogP contribution in [0.5, 0.6) is 5.75 Å². The minimum atomic E-state index is -5.58. The molecule has 0 aromatic heterocycles. The van der Waals surface area contributed by atoms with E-state index in [1.165, 1.54) is 0 Å². The smallest absolute Gasteiger partial charge is 0.517 e. The second-order valence-electron chi connectivity index (χ2n) is 2.92. The van der Waals surface area contributed by atoms with Crippen molar-refractivity contribution in [3.05, 3.63) is 29.1 Å². The molecular formula is C7H2BF8KO. The topological polar surface area (TPSA) is 9.23 Å². The molecule has 0 fully saturated rings. The molecule has 0 amide bonds. The second-order valence-corrected chi connectivity index (χ2v) is 2.92. The Morgan fingerprint density at radius 2 is 1.06 bits per heavy atom. The Labute approximate surface area is 138 Å². The van der Waals surface area contributed by atoms with Crippen LogP contribution in [0.1, 0.15) is 0 Å². The number of hydrogen-bond acceptors (Lipinski definition) is 1. The summed E-state index contributed by atoms with van der Waals surface area (Å²) in [6.07, 6.45) is 0. The largest absolute Gasteiger partial charge is 1.00 e. The van der Waals surface area contributed by atoms with Gasteiger partial charge in [0.05, 0.1) is 6.51 Å². The average molecular weight is 304 g/mol. The van der Waals surface area contributed by atoms with Crippen LogP contribution in [-0.4, -0.2) is 13.5 Å². The summed E-state index contributed by atoms with van der Waals surface area (Å²) < 4.78 is 102. The maximum absolute atomic E-state index is 12.8. The van der Waals surface area contributed by atoms with E-state index >= 15 is 0 Å². The fourth-order valence-electron chi connectivity index (χ4n) is 0.889. The number of hydrogen-bond donors (Lipinski definition) is 0. The van der Waals surface area contributed by atoms with Crippen molar-refractivity contribution in [2.24, 2.45) is 0 Å². The molecule has 0 atom stereocenters. The molecule has 0 unspecified atom stereocenters. The molecule has 0 N–H and O–H groups in total. The van der Waals surface area contributed by atoms with Gasteiger partial charge in [-0.3, -0.25) is 0 Å². The van der Waals surface area contributed by atoms with Crippen LogP contribution in [0.3, 0.4) is 0 Å². The van der Waals surface area contributed by atoms with Gasteiger partial charge in [-0.25, -0.2) is 13.2 Å². The van der Waals surface area contributed by atoms with Gasteiger partial charge in [-0.2, -0.15) is 8.78 Å². The molecule has 0 aliphatic heterocycles. The molecule has 11 heteroatoms. The summed E-state index contributed by atoms with van der Waals surface area (Å²) in [6, 6.07) is 0. The van der Waals surface area contributed by atoms with Crippen LogP contribution in [0.2, 0.25) is 0 Å². The first-order chi connectivity index (χ1) is 7.65. The van der Waals surface area contributed by atoms with Gasteiger partial charge in [0, 0.05) is 0 Å². The van der Waals surface area contributed by atoms with E-state index in [9.17, 15) is 34.9 Å². The minimum Gasteiger partial charge on any atom is -0.517 e. The molecule has 1 aromatic rings. The second kappa shape index (κ2) is 6.55. The third-order valence-electron chi connectivity index (χ3n) is 1.59. The van der Waals surface area contributed by atoms with Gasteiger partial charge in [-0.15, -0.1) is 0 Å². The van der Waals surface area contributed by atoms with Crippen molar-refractivity contribution < 1.29 is 91.0 Å². The summed E-state index contributed by atoms with van der Waals surface area (Å²) >= 11 is 0. The Kier molecular flexibility index (Phi) is 6.61. The maximum atomic E-state index is 12.8. The van der Waals surface area contributed by atoms with Crippen LogP contribution >= 0.6 is 0 Å². The molecular weight excluding hydrogens is 302 g/mol. The molecule has 0 saturated heterocycles. The monoisotopic (exact) mass is 304 g/mol. The van der Waals surface area contributed by atoms with Crippen molar-refractivity contribution in [3.63, 3.8) is 0 Å². The molecule has 0 saturated carbocycles. The van der Waals surface area contributed by atoms with Gasteiger partial charge in [0.15, 0.2) is 5.75 Å². The van der Waals surface area contributed by atoms with E-state index in [4.69, 9.17) is 0 Å². The standard InChI is InChI=1S/C7H2BF8O.K/c9-2-3(10)5(12)7(6(13)4(2)11)17-1-8(14,15)16;/h1H2;/q-1;+1. The predicted molar refractivity (Wildman–Crippen MR) is 40.8 cm³/mol. The first kappa shape index (κ1) is 18.2. The predicted octanol–water partition coefficient (Wildman–Crippen LogP) is 0.151. The summed E-state index contributed by atoms with van der Waals surface area (Å²) in [5.74, 6) is -14.0. The molecule has 1 aromatic carbocycles. The van der Waals surface area contributed by atoms with E-state index in [1.807, 2.05) is 0 Å². The number of rotatable bonds is 3. The molecule has 1 rings (SSSR count). The first-order valence-electron chi connectivity index (χ1n) is 4.00. The van der Waals surface area contributed by atoms with E-state index in [0.29, 0.717) is 0 Å². The van der Waals surface area contributed by atoms with Crippen LogP contribution < -0.4 is 56.1 Å². The zero-order valence-corrected chi connectivity index (χ0v) is 11.8. The molecule has 0 aliphatic carbocycles. The molecule has 0 spiro atoms. The number of halogens is 8.